The Balaban J connectivity index is 1.91. The summed E-state index contributed by atoms with van der Waals surface area (Å²) < 4.78 is 11.4. The SMILES string of the molecule is COc1cc(C=Cc2ccc3ccccc3n2)cc(I)c1OC(C)=O. The van der Waals surface area contributed by atoms with Crippen LogP contribution in [0.4, 0.5) is 0 Å². The average molecular weight is 445 g/mol. The largest absolute Gasteiger partial charge is 0.493 e. The summed E-state index contributed by atoms with van der Waals surface area (Å²) in [6.07, 6.45) is 3.90. The van der Waals surface area contributed by atoms with E-state index in [0.29, 0.717) is 11.5 Å². The molecule has 0 aliphatic rings. The zero-order chi connectivity index (χ0) is 17.8. The summed E-state index contributed by atoms with van der Waals surface area (Å²) in [6, 6.07) is 15.8. The minimum atomic E-state index is -0.375. The number of hydrogen-bond acceptors (Lipinski definition) is 4. The van der Waals surface area contributed by atoms with E-state index in [-0.39, 0.29) is 5.97 Å². The van der Waals surface area contributed by atoms with Gasteiger partial charge < -0.3 is 9.47 Å². The molecule has 0 radical (unpaired) electrons. The number of ether oxygens (including phenoxy) is 2. The third-order valence-electron chi connectivity index (χ3n) is 3.56. The average Bonchev–Trinajstić information content (AvgIpc) is 2.61. The summed E-state index contributed by atoms with van der Waals surface area (Å²) in [7, 11) is 1.55. The van der Waals surface area contributed by atoms with Crippen LogP contribution in [0, 0.1) is 3.57 Å². The Morgan fingerprint density at radius 2 is 1.92 bits per heavy atom. The van der Waals surface area contributed by atoms with Gasteiger partial charge in [-0.15, -0.1) is 0 Å². The maximum atomic E-state index is 11.2. The molecule has 0 spiro atoms. The van der Waals surface area contributed by atoms with Crippen molar-refractivity contribution in [1.29, 1.82) is 0 Å². The van der Waals surface area contributed by atoms with E-state index in [1.54, 1.807) is 7.11 Å². The number of methoxy groups -OCH3 is 1. The van der Waals surface area contributed by atoms with Crippen LogP contribution in [0.1, 0.15) is 18.2 Å². The molecule has 0 N–H and O–H groups in total. The first kappa shape index (κ1) is 17.4. The van der Waals surface area contributed by atoms with Crippen LogP contribution in [0.5, 0.6) is 11.5 Å². The fourth-order valence-electron chi connectivity index (χ4n) is 2.44. The lowest BCUT2D eigenvalue weighted by atomic mass is 10.1. The highest BCUT2D eigenvalue weighted by atomic mass is 127. The lowest BCUT2D eigenvalue weighted by Crippen LogP contribution is -2.04. The van der Waals surface area contributed by atoms with Gasteiger partial charge in [-0.25, -0.2) is 4.98 Å². The zero-order valence-electron chi connectivity index (χ0n) is 13.8. The van der Waals surface area contributed by atoms with Crippen molar-refractivity contribution in [2.75, 3.05) is 7.11 Å². The van der Waals surface area contributed by atoms with Crippen molar-refractivity contribution in [2.24, 2.45) is 0 Å². The molecule has 0 saturated heterocycles. The lowest BCUT2D eigenvalue weighted by Gasteiger charge is -2.11. The van der Waals surface area contributed by atoms with E-state index >= 15 is 0 Å². The van der Waals surface area contributed by atoms with Crippen LogP contribution in [-0.4, -0.2) is 18.1 Å². The molecular formula is C20H16INO3. The molecular weight excluding hydrogens is 429 g/mol. The van der Waals surface area contributed by atoms with Crippen LogP contribution < -0.4 is 9.47 Å². The van der Waals surface area contributed by atoms with E-state index in [1.165, 1.54) is 6.92 Å². The number of aromatic nitrogens is 1. The molecule has 0 saturated carbocycles. The Bertz CT molecular complexity index is 966. The van der Waals surface area contributed by atoms with E-state index in [0.717, 1.165) is 25.7 Å². The summed E-state index contributed by atoms with van der Waals surface area (Å²) in [5.74, 6) is 0.588. The molecule has 2 aromatic carbocycles. The van der Waals surface area contributed by atoms with Gasteiger partial charge in [0.05, 0.1) is 21.9 Å². The Labute approximate surface area is 159 Å². The number of carbonyl (C=O) groups excluding carboxylic acids is 1. The maximum Gasteiger partial charge on any atom is 0.308 e. The first-order valence-electron chi connectivity index (χ1n) is 7.66. The van der Waals surface area contributed by atoms with E-state index in [4.69, 9.17) is 9.47 Å². The summed E-state index contributed by atoms with van der Waals surface area (Å²) >= 11 is 2.13. The molecule has 0 amide bonds. The molecule has 1 aromatic heterocycles. The maximum absolute atomic E-state index is 11.2. The number of pyridine rings is 1. The normalized spacial score (nSPS) is 11.0. The predicted molar refractivity (Wildman–Crippen MR) is 108 cm³/mol. The fraction of sp³-hybridized carbons (Fsp3) is 0.100. The van der Waals surface area contributed by atoms with Crippen LogP contribution in [0.15, 0.2) is 48.5 Å². The molecule has 25 heavy (non-hydrogen) atoms. The van der Waals surface area contributed by atoms with Gasteiger partial charge in [0.15, 0.2) is 11.5 Å². The Morgan fingerprint density at radius 1 is 1.12 bits per heavy atom. The summed E-state index contributed by atoms with van der Waals surface area (Å²) in [5, 5.41) is 1.11. The highest BCUT2D eigenvalue weighted by Gasteiger charge is 2.12. The zero-order valence-corrected chi connectivity index (χ0v) is 16.0. The monoisotopic (exact) mass is 445 g/mol. The summed E-state index contributed by atoms with van der Waals surface area (Å²) in [5.41, 5.74) is 2.77. The number of halogens is 1. The lowest BCUT2D eigenvalue weighted by molar-refractivity contribution is -0.132. The highest BCUT2D eigenvalue weighted by Crippen LogP contribution is 2.34. The molecule has 0 aliphatic heterocycles. The van der Waals surface area contributed by atoms with E-state index in [1.807, 2.05) is 54.6 Å². The number of para-hydroxylation sites is 1. The Kier molecular flexibility index (Phi) is 5.33. The van der Waals surface area contributed by atoms with Crippen LogP contribution in [0.2, 0.25) is 0 Å². The number of rotatable bonds is 4. The van der Waals surface area contributed by atoms with Crippen LogP contribution in [0.3, 0.4) is 0 Å². The minimum Gasteiger partial charge on any atom is -0.493 e. The number of benzene rings is 2. The van der Waals surface area contributed by atoms with Crippen LogP contribution in [-0.2, 0) is 4.79 Å². The fourth-order valence-corrected chi connectivity index (χ4v) is 3.17. The molecule has 1 heterocycles. The number of nitrogens with zero attached hydrogens (tertiary/aromatic N) is 1. The van der Waals surface area contributed by atoms with Crippen LogP contribution in [0.25, 0.3) is 23.1 Å². The first-order chi connectivity index (χ1) is 12.1. The third-order valence-corrected chi connectivity index (χ3v) is 4.37. The highest BCUT2D eigenvalue weighted by molar-refractivity contribution is 14.1. The van der Waals surface area contributed by atoms with Gasteiger partial charge >= 0.3 is 5.97 Å². The van der Waals surface area contributed by atoms with Crippen LogP contribution >= 0.6 is 22.6 Å². The standard InChI is InChI=1S/C20H16INO3/c1-13(23)25-20-17(21)11-14(12-19(20)24-2)7-9-16-10-8-15-5-3-4-6-18(15)22-16/h3-12H,1-2H3. The van der Waals surface area contributed by atoms with Crippen molar-refractivity contribution in [3.05, 3.63) is 63.4 Å². The smallest absolute Gasteiger partial charge is 0.308 e. The number of esters is 1. The second-order valence-electron chi connectivity index (χ2n) is 5.39. The van der Waals surface area contributed by atoms with Crippen molar-refractivity contribution >= 4 is 51.6 Å². The summed E-state index contributed by atoms with van der Waals surface area (Å²) in [6.45, 7) is 1.37. The molecule has 0 unspecified atom stereocenters. The predicted octanol–water partition coefficient (Wildman–Crippen LogP) is 4.94. The number of fused-ring (bicyclic) bond motifs is 1. The Hall–Kier alpha value is -2.41. The number of hydrogen-bond donors (Lipinski definition) is 0. The molecule has 0 fully saturated rings. The molecule has 0 aliphatic carbocycles. The van der Waals surface area contributed by atoms with Crippen molar-refractivity contribution in [2.45, 2.75) is 6.92 Å². The van der Waals surface area contributed by atoms with E-state index in [2.05, 4.69) is 33.6 Å². The van der Waals surface area contributed by atoms with Gasteiger partial charge in [-0.1, -0.05) is 30.3 Å². The van der Waals surface area contributed by atoms with Crippen molar-refractivity contribution < 1.29 is 14.3 Å². The van der Waals surface area contributed by atoms with Gasteiger partial charge in [-0.2, -0.15) is 0 Å². The minimum absolute atomic E-state index is 0.375. The Morgan fingerprint density at radius 3 is 2.68 bits per heavy atom. The van der Waals surface area contributed by atoms with Crippen molar-refractivity contribution in [3.8, 4) is 11.5 Å². The second-order valence-corrected chi connectivity index (χ2v) is 6.55. The van der Waals surface area contributed by atoms with Gasteiger partial charge in [0.2, 0.25) is 0 Å². The molecule has 4 nitrogen and oxygen atoms in total. The van der Waals surface area contributed by atoms with Gasteiger partial charge in [0.1, 0.15) is 0 Å². The van der Waals surface area contributed by atoms with Crippen molar-refractivity contribution in [3.63, 3.8) is 0 Å². The van der Waals surface area contributed by atoms with E-state index in [9.17, 15) is 4.79 Å². The third kappa shape index (κ3) is 4.17. The van der Waals surface area contributed by atoms with Gasteiger partial charge in [-0.3, -0.25) is 4.79 Å². The van der Waals surface area contributed by atoms with E-state index < -0.39 is 0 Å². The molecule has 3 rings (SSSR count). The molecule has 0 bridgehead atoms. The molecule has 126 valence electrons. The van der Waals surface area contributed by atoms with Gasteiger partial charge in [0.25, 0.3) is 0 Å². The topological polar surface area (TPSA) is 48.4 Å². The van der Waals surface area contributed by atoms with Gasteiger partial charge in [-0.05, 0) is 58.5 Å². The molecule has 3 aromatic rings. The number of carbonyl (C=O) groups is 1. The quantitative estimate of drug-likeness (QED) is 0.324. The summed E-state index contributed by atoms with van der Waals surface area (Å²) in [4.78, 5) is 15.9. The first-order valence-corrected chi connectivity index (χ1v) is 8.74. The molecule has 0 atom stereocenters. The second kappa shape index (κ2) is 7.65. The molecule has 5 heteroatoms. The van der Waals surface area contributed by atoms with Crippen molar-refractivity contribution in [1.82, 2.24) is 4.98 Å². The van der Waals surface area contributed by atoms with Gasteiger partial charge in [0, 0.05) is 12.3 Å².